The van der Waals surface area contributed by atoms with E-state index in [1.165, 1.54) is 38.6 Å². The molecule has 1 aromatic heterocycles. The average Bonchev–Trinajstić information content (AvgIpc) is 3.54. The molecular formula is C34H39N6O8S+. The van der Waals surface area contributed by atoms with Crippen LogP contribution >= 0.6 is 0 Å². The molecule has 5 unspecified atom stereocenters. The Morgan fingerprint density at radius 1 is 1.08 bits per heavy atom. The van der Waals surface area contributed by atoms with Crippen molar-refractivity contribution in [1.82, 2.24) is 15.2 Å². The Morgan fingerprint density at radius 3 is 2.55 bits per heavy atom. The van der Waals surface area contributed by atoms with Crippen molar-refractivity contribution in [2.24, 2.45) is 5.92 Å². The maximum absolute atomic E-state index is 15.5. The molecule has 0 bridgehead atoms. The van der Waals surface area contributed by atoms with E-state index in [4.69, 9.17) is 18.9 Å². The highest BCUT2D eigenvalue weighted by molar-refractivity contribution is 7.86. The number of likely N-dealkylation sites (tertiary alicyclic amines) is 1. The van der Waals surface area contributed by atoms with Crippen molar-refractivity contribution >= 4 is 27.7 Å². The van der Waals surface area contributed by atoms with Crippen molar-refractivity contribution in [3.8, 4) is 23.4 Å². The van der Waals surface area contributed by atoms with Gasteiger partial charge in [0.15, 0.2) is 11.0 Å². The molecule has 258 valence electrons. The van der Waals surface area contributed by atoms with Crippen molar-refractivity contribution in [3.05, 3.63) is 71.9 Å². The molecule has 14 nitrogen and oxygen atoms in total. The number of aromatic nitrogens is 1. The molecule has 0 spiro atoms. The number of methoxy groups -OCH3 is 2. The van der Waals surface area contributed by atoms with Gasteiger partial charge in [-0.2, -0.15) is 18.5 Å². The molecule has 2 N–H and O–H groups in total. The lowest BCUT2D eigenvalue weighted by atomic mass is 9.78. The van der Waals surface area contributed by atoms with Gasteiger partial charge in [0.25, 0.3) is 0 Å². The number of carbonyl (C=O) groups excluding carboxylic acids is 2. The SMILES string of the molecule is CCOc1ncccc1C1C(=O)[N+](C(=O)OC2CNc3ccccc32)(S(=O)(=O)c2ccc(OC)cc2OC)CC(C#N)C1N1CCNCC1. The molecule has 6 rings (SSSR count). The number of piperidine rings is 1. The summed E-state index contributed by atoms with van der Waals surface area (Å²) in [4.78, 5) is 36.3. The molecule has 49 heavy (non-hydrogen) atoms. The number of para-hydroxylation sites is 1. The number of nitrogens with one attached hydrogen (secondary N) is 2. The number of rotatable bonds is 9. The first-order valence-electron chi connectivity index (χ1n) is 16.1. The summed E-state index contributed by atoms with van der Waals surface area (Å²) >= 11 is 0. The van der Waals surface area contributed by atoms with Gasteiger partial charge in [-0.15, -0.1) is 0 Å². The summed E-state index contributed by atoms with van der Waals surface area (Å²) in [5, 5.41) is 17.2. The molecule has 2 amide bonds. The predicted molar refractivity (Wildman–Crippen MR) is 177 cm³/mol. The molecule has 0 radical (unpaired) electrons. The first kappa shape index (κ1) is 34.1. The lowest BCUT2D eigenvalue weighted by molar-refractivity contribution is -0.665. The summed E-state index contributed by atoms with van der Waals surface area (Å²) < 4.78 is 51.3. The Morgan fingerprint density at radius 2 is 1.84 bits per heavy atom. The van der Waals surface area contributed by atoms with Gasteiger partial charge >= 0.3 is 22.0 Å². The number of piperazine rings is 1. The zero-order valence-electron chi connectivity index (χ0n) is 27.5. The van der Waals surface area contributed by atoms with E-state index in [-0.39, 0.29) is 30.3 Å². The quantitative estimate of drug-likeness (QED) is 0.315. The van der Waals surface area contributed by atoms with Crippen LogP contribution in [-0.4, -0.2) is 100 Å². The molecule has 2 fully saturated rings. The molecule has 4 heterocycles. The van der Waals surface area contributed by atoms with Crippen molar-refractivity contribution < 1.29 is 40.8 Å². The van der Waals surface area contributed by atoms with E-state index < -0.39 is 61.3 Å². The first-order valence-corrected chi connectivity index (χ1v) is 17.5. The van der Waals surface area contributed by atoms with Crippen molar-refractivity contribution in [3.63, 3.8) is 0 Å². The third-order valence-corrected chi connectivity index (χ3v) is 11.6. The van der Waals surface area contributed by atoms with E-state index >= 15 is 13.2 Å². The summed E-state index contributed by atoms with van der Waals surface area (Å²) in [6.07, 6.45) is -0.720. The van der Waals surface area contributed by atoms with Gasteiger partial charge < -0.3 is 29.6 Å². The largest absolute Gasteiger partial charge is 0.540 e. The Labute approximate surface area is 285 Å². The van der Waals surface area contributed by atoms with Crippen LogP contribution in [0.5, 0.6) is 17.4 Å². The number of anilines is 1. The number of ether oxygens (including phenoxy) is 4. The van der Waals surface area contributed by atoms with E-state index in [0.29, 0.717) is 37.5 Å². The zero-order chi connectivity index (χ0) is 34.8. The summed E-state index contributed by atoms with van der Waals surface area (Å²) in [6, 6.07) is 15.9. The normalized spacial score (nSPS) is 25.4. The second-order valence-electron chi connectivity index (χ2n) is 11.9. The summed E-state index contributed by atoms with van der Waals surface area (Å²) in [5.41, 5.74) is 1.63. The van der Waals surface area contributed by atoms with Gasteiger partial charge in [0.1, 0.15) is 29.9 Å². The highest BCUT2D eigenvalue weighted by atomic mass is 32.2. The Hall–Kier alpha value is -4.75. The second-order valence-corrected chi connectivity index (χ2v) is 13.9. The molecule has 0 saturated carbocycles. The van der Waals surface area contributed by atoms with E-state index in [2.05, 4.69) is 21.7 Å². The number of benzene rings is 2. The molecule has 3 aliphatic rings. The van der Waals surface area contributed by atoms with Crippen LogP contribution in [0.3, 0.4) is 0 Å². The zero-order valence-corrected chi connectivity index (χ0v) is 28.3. The Balaban J connectivity index is 1.59. The first-order chi connectivity index (χ1) is 23.7. The number of nitriles is 1. The van der Waals surface area contributed by atoms with Gasteiger partial charge in [-0.05, 0) is 31.2 Å². The summed E-state index contributed by atoms with van der Waals surface area (Å²) in [7, 11) is -2.36. The number of sulfonamides is 1. The lowest BCUT2D eigenvalue weighted by Crippen LogP contribution is -2.71. The molecule has 2 aromatic carbocycles. The van der Waals surface area contributed by atoms with Crippen LogP contribution in [-0.2, 0) is 19.6 Å². The summed E-state index contributed by atoms with van der Waals surface area (Å²) in [5.74, 6) is -3.17. The van der Waals surface area contributed by atoms with E-state index in [9.17, 15) is 10.1 Å². The third kappa shape index (κ3) is 5.84. The van der Waals surface area contributed by atoms with Gasteiger partial charge in [0.2, 0.25) is 5.88 Å². The monoisotopic (exact) mass is 691 g/mol. The number of hydrogen-bond donors (Lipinski definition) is 2. The molecule has 3 aromatic rings. The number of imide groups is 1. The van der Waals surface area contributed by atoms with E-state index in [1.807, 2.05) is 17.0 Å². The van der Waals surface area contributed by atoms with Gasteiger partial charge in [-0.3, -0.25) is 4.90 Å². The van der Waals surface area contributed by atoms with Crippen LogP contribution in [0.2, 0.25) is 0 Å². The highest BCUT2D eigenvalue weighted by Gasteiger charge is 2.69. The highest BCUT2D eigenvalue weighted by Crippen LogP contribution is 2.47. The number of fused-ring (bicyclic) bond motifs is 1. The minimum atomic E-state index is -5.05. The molecule has 5 atom stereocenters. The van der Waals surface area contributed by atoms with Crippen LogP contribution in [0, 0.1) is 17.2 Å². The second kappa shape index (κ2) is 14.0. The van der Waals surface area contributed by atoms with E-state index in [1.54, 1.807) is 31.2 Å². The third-order valence-electron chi connectivity index (χ3n) is 9.37. The predicted octanol–water partition coefficient (Wildman–Crippen LogP) is 3.04. The number of amides is 2. The fourth-order valence-corrected chi connectivity index (χ4v) is 8.97. The van der Waals surface area contributed by atoms with Crippen molar-refractivity contribution in [2.45, 2.75) is 29.9 Å². The topological polar surface area (TPSA) is 169 Å². The molecule has 2 saturated heterocycles. The maximum atomic E-state index is 15.5. The van der Waals surface area contributed by atoms with Crippen LogP contribution in [0.1, 0.15) is 30.1 Å². The Bertz CT molecular complexity index is 1880. The minimum Gasteiger partial charge on any atom is -0.497 e. The molecule has 3 aliphatic heterocycles. The number of pyridine rings is 1. The van der Waals surface area contributed by atoms with Gasteiger partial charge in [-0.1, -0.05) is 28.2 Å². The summed E-state index contributed by atoms with van der Waals surface area (Å²) in [6.45, 7) is 3.62. The Kier molecular flexibility index (Phi) is 9.75. The average molecular weight is 692 g/mol. The fraction of sp³-hybridized carbons (Fsp3) is 0.412. The molecule has 0 aliphatic carbocycles. The van der Waals surface area contributed by atoms with Crippen molar-refractivity contribution in [2.75, 3.05) is 65.4 Å². The van der Waals surface area contributed by atoms with Gasteiger partial charge in [0, 0.05) is 55.3 Å². The van der Waals surface area contributed by atoms with Gasteiger partial charge in [-0.25, -0.2) is 9.78 Å². The number of hydrogen-bond acceptors (Lipinski definition) is 13. The fourth-order valence-electron chi connectivity index (χ4n) is 7.05. The maximum Gasteiger partial charge on any atom is 0.540 e. The van der Waals surface area contributed by atoms with E-state index in [0.717, 1.165) is 5.69 Å². The van der Waals surface area contributed by atoms with Crippen LogP contribution < -0.4 is 24.8 Å². The van der Waals surface area contributed by atoms with Crippen LogP contribution in [0.25, 0.3) is 0 Å². The van der Waals surface area contributed by atoms with Crippen LogP contribution in [0.4, 0.5) is 10.5 Å². The van der Waals surface area contributed by atoms with Crippen LogP contribution in [0.15, 0.2) is 65.7 Å². The number of carbonyl (C=O) groups is 2. The van der Waals surface area contributed by atoms with Crippen molar-refractivity contribution in [1.29, 1.82) is 5.26 Å². The van der Waals surface area contributed by atoms with Gasteiger partial charge in [0.05, 0.1) is 39.5 Å². The smallest absolute Gasteiger partial charge is 0.497 e. The number of quaternary nitrogens is 1. The molecular weight excluding hydrogens is 652 g/mol. The number of nitrogens with zero attached hydrogens (tertiary/aromatic N) is 4. The minimum absolute atomic E-state index is 0.113. The lowest BCUT2D eigenvalue weighted by Gasteiger charge is -2.47. The molecule has 15 heteroatoms. The standard InChI is InChI=1S/C34H39N6O8S/c1-4-47-32-25(9-7-13-37-32)30-31(39-16-14-36-15-17-39)22(19-35)21-40(33(30)41,34(42)48-28-20-38-26-10-6-5-8-24(26)28)49(43,44)29-12-11-23(45-2)18-27(29)46-3/h5-13,18,22,28,30-31,36,38H,4,14-17,20-21H2,1-3H3/q+1.